The molecule has 0 bridgehead atoms. The molecule has 0 spiro atoms. The molecule has 2 nitrogen and oxygen atoms in total. The van der Waals surface area contributed by atoms with Gasteiger partial charge in [0.15, 0.2) is 0 Å². The van der Waals surface area contributed by atoms with Gasteiger partial charge in [-0.3, -0.25) is 4.79 Å². The molecule has 1 unspecified atom stereocenters. The zero-order valence-corrected chi connectivity index (χ0v) is 7.03. The zero-order chi connectivity index (χ0) is 8.97. The molecule has 0 aromatic heterocycles. The van der Waals surface area contributed by atoms with Crippen molar-refractivity contribution in [2.75, 3.05) is 0 Å². The van der Waals surface area contributed by atoms with Crippen molar-refractivity contribution >= 4 is 5.78 Å². The second-order valence-corrected chi connectivity index (χ2v) is 2.83. The summed E-state index contributed by atoms with van der Waals surface area (Å²) in [5.74, 6) is 0.00588. The highest BCUT2D eigenvalue weighted by Gasteiger charge is 2.08. The van der Waals surface area contributed by atoms with Crippen LogP contribution in [0.2, 0.25) is 0 Å². The molecule has 0 fully saturated rings. The predicted octanol–water partition coefficient (Wildman–Crippen LogP) is 1.70. The molecule has 0 amide bonds. The molecule has 1 atom stereocenters. The third-order valence-corrected chi connectivity index (χ3v) is 1.67. The molecule has 2 heteroatoms. The lowest BCUT2D eigenvalue weighted by molar-refractivity contribution is -0.118. The van der Waals surface area contributed by atoms with Crippen molar-refractivity contribution in [2.24, 2.45) is 0 Å². The summed E-state index contributed by atoms with van der Waals surface area (Å²) in [4.78, 5) is 10.7. The summed E-state index contributed by atoms with van der Waals surface area (Å²) in [5, 5.41) is 9.47. The van der Waals surface area contributed by atoms with Gasteiger partial charge < -0.3 is 5.11 Å². The van der Waals surface area contributed by atoms with E-state index in [1.807, 2.05) is 30.3 Å². The summed E-state index contributed by atoms with van der Waals surface area (Å²) in [5.41, 5.74) is 0.799. The largest absolute Gasteiger partial charge is 0.388 e. The minimum absolute atomic E-state index is 0.00588. The lowest BCUT2D eigenvalue weighted by Gasteiger charge is -2.07. The second kappa shape index (κ2) is 4.02. The van der Waals surface area contributed by atoms with Gasteiger partial charge in [-0.2, -0.15) is 0 Å². The molecule has 1 aromatic carbocycles. The van der Waals surface area contributed by atoms with Crippen LogP contribution in [-0.4, -0.2) is 10.9 Å². The van der Waals surface area contributed by atoms with E-state index in [0.717, 1.165) is 5.56 Å². The average Bonchev–Trinajstić information content (AvgIpc) is 2.05. The normalized spacial score (nSPS) is 12.5. The van der Waals surface area contributed by atoms with Crippen LogP contribution in [0.5, 0.6) is 0 Å². The Morgan fingerprint density at radius 1 is 1.42 bits per heavy atom. The number of carbonyl (C=O) groups excluding carboxylic acids is 1. The highest BCUT2D eigenvalue weighted by molar-refractivity contribution is 5.76. The zero-order valence-electron chi connectivity index (χ0n) is 7.03. The highest BCUT2D eigenvalue weighted by Crippen LogP contribution is 2.15. The Hall–Kier alpha value is -1.15. The Morgan fingerprint density at radius 2 is 2.00 bits per heavy atom. The summed E-state index contributed by atoms with van der Waals surface area (Å²) in [7, 11) is 0. The molecular weight excluding hydrogens is 152 g/mol. The fraction of sp³-hybridized carbons (Fsp3) is 0.300. The van der Waals surface area contributed by atoms with Crippen LogP contribution in [0.4, 0.5) is 0 Å². The molecule has 64 valence electrons. The Bertz CT molecular complexity index is 254. The first-order valence-electron chi connectivity index (χ1n) is 3.92. The second-order valence-electron chi connectivity index (χ2n) is 2.83. The fourth-order valence-electron chi connectivity index (χ4n) is 1.07. The minimum atomic E-state index is -0.649. The van der Waals surface area contributed by atoms with E-state index in [0.29, 0.717) is 0 Å². The number of Topliss-reactive ketones (excluding diaryl/α,β-unsaturated/α-hetero) is 1. The number of aliphatic hydroxyl groups excluding tert-OH is 1. The first-order valence-corrected chi connectivity index (χ1v) is 3.92. The van der Waals surface area contributed by atoms with E-state index in [9.17, 15) is 9.90 Å². The molecule has 12 heavy (non-hydrogen) atoms. The van der Waals surface area contributed by atoms with Crippen molar-refractivity contribution in [2.45, 2.75) is 19.4 Å². The maximum absolute atomic E-state index is 10.7. The lowest BCUT2D eigenvalue weighted by atomic mass is 10.1. The lowest BCUT2D eigenvalue weighted by Crippen LogP contribution is -2.02. The molecule has 0 saturated carbocycles. The van der Waals surface area contributed by atoms with Crippen LogP contribution >= 0.6 is 0 Å². The molecule has 0 radical (unpaired) electrons. The summed E-state index contributed by atoms with van der Waals surface area (Å²) in [6.45, 7) is 1.48. The van der Waals surface area contributed by atoms with Crippen molar-refractivity contribution in [3.63, 3.8) is 0 Å². The summed E-state index contributed by atoms with van der Waals surface area (Å²) < 4.78 is 0. The number of benzene rings is 1. The molecule has 1 aromatic rings. The van der Waals surface area contributed by atoms with Crippen LogP contribution in [0, 0.1) is 0 Å². The van der Waals surface area contributed by atoms with Crippen LogP contribution < -0.4 is 0 Å². The van der Waals surface area contributed by atoms with E-state index < -0.39 is 6.10 Å². The highest BCUT2D eigenvalue weighted by atomic mass is 16.3. The van der Waals surface area contributed by atoms with Gasteiger partial charge in [0, 0.05) is 6.42 Å². The molecule has 0 aliphatic rings. The van der Waals surface area contributed by atoms with Gasteiger partial charge in [-0.25, -0.2) is 0 Å². The van der Waals surface area contributed by atoms with E-state index in [4.69, 9.17) is 0 Å². The van der Waals surface area contributed by atoms with Gasteiger partial charge in [0.2, 0.25) is 0 Å². The molecule has 1 rings (SSSR count). The van der Waals surface area contributed by atoms with Gasteiger partial charge in [-0.05, 0) is 12.5 Å². The van der Waals surface area contributed by atoms with Crippen molar-refractivity contribution in [3.05, 3.63) is 35.9 Å². The summed E-state index contributed by atoms with van der Waals surface area (Å²) in [6, 6.07) is 9.20. The number of hydrogen-bond donors (Lipinski definition) is 1. The number of rotatable bonds is 3. The van der Waals surface area contributed by atoms with Crippen molar-refractivity contribution in [1.82, 2.24) is 0 Å². The van der Waals surface area contributed by atoms with E-state index >= 15 is 0 Å². The van der Waals surface area contributed by atoms with Crippen molar-refractivity contribution < 1.29 is 9.90 Å². The van der Waals surface area contributed by atoms with E-state index in [1.54, 1.807) is 0 Å². The molecular formula is C10H12O2. The van der Waals surface area contributed by atoms with E-state index in [1.165, 1.54) is 6.92 Å². The summed E-state index contributed by atoms with van der Waals surface area (Å²) >= 11 is 0. The quantitative estimate of drug-likeness (QED) is 0.738. The van der Waals surface area contributed by atoms with E-state index in [-0.39, 0.29) is 12.2 Å². The Balaban J connectivity index is 2.65. The number of carbonyl (C=O) groups is 1. The predicted molar refractivity (Wildman–Crippen MR) is 46.7 cm³/mol. The average molecular weight is 164 g/mol. The van der Waals surface area contributed by atoms with Crippen LogP contribution in [0.25, 0.3) is 0 Å². The maximum Gasteiger partial charge on any atom is 0.132 e. The van der Waals surface area contributed by atoms with Gasteiger partial charge in [0.05, 0.1) is 6.10 Å². The van der Waals surface area contributed by atoms with Crippen molar-refractivity contribution in [3.8, 4) is 0 Å². The molecule has 0 aliphatic heterocycles. The smallest absolute Gasteiger partial charge is 0.132 e. The number of hydrogen-bond acceptors (Lipinski definition) is 2. The van der Waals surface area contributed by atoms with Crippen LogP contribution in [-0.2, 0) is 4.79 Å². The standard InChI is InChI=1S/C10H12O2/c1-8(11)7-10(12)9-5-3-2-4-6-9/h2-6,10,12H,7H2,1H3. The first kappa shape index (κ1) is 8.94. The third kappa shape index (κ3) is 2.47. The summed E-state index contributed by atoms with van der Waals surface area (Å²) in [6.07, 6.45) is -0.451. The Kier molecular flexibility index (Phi) is 3.00. The van der Waals surface area contributed by atoms with Gasteiger partial charge in [0.1, 0.15) is 5.78 Å². The van der Waals surface area contributed by atoms with Crippen LogP contribution in [0.3, 0.4) is 0 Å². The molecule has 0 heterocycles. The topological polar surface area (TPSA) is 37.3 Å². The van der Waals surface area contributed by atoms with E-state index in [2.05, 4.69) is 0 Å². The molecule has 1 N–H and O–H groups in total. The van der Waals surface area contributed by atoms with Crippen molar-refractivity contribution in [1.29, 1.82) is 0 Å². The van der Waals surface area contributed by atoms with Crippen LogP contribution in [0.15, 0.2) is 30.3 Å². The SMILES string of the molecule is CC(=O)CC(O)c1ccccc1. The maximum atomic E-state index is 10.7. The van der Waals surface area contributed by atoms with Gasteiger partial charge in [-0.1, -0.05) is 30.3 Å². The van der Waals surface area contributed by atoms with Crippen LogP contribution in [0.1, 0.15) is 25.0 Å². The van der Waals surface area contributed by atoms with Gasteiger partial charge in [0.25, 0.3) is 0 Å². The third-order valence-electron chi connectivity index (χ3n) is 1.67. The Labute approximate surface area is 71.8 Å². The van der Waals surface area contributed by atoms with Gasteiger partial charge >= 0.3 is 0 Å². The first-order chi connectivity index (χ1) is 5.70. The fourth-order valence-corrected chi connectivity index (χ4v) is 1.07. The molecule has 0 aliphatic carbocycles. The van der Waals surface area contributed by atoms with Gasteiger partial charge in [-0.15, -0.1) is 0 Å². The Morgan fingerprint density at radius 3 is 2.50 bits per heavy atom. The monoisotopic (exact) mass is 164 g/mol. The number of ketones is 1. The molecule has 0 saturated heterocycles. The minimum Gasteiger partial charge on any atom is -0.388 e. The number of aliphatic hydroxyl groups is 1.